The standard InChI is InChI=1S/C18H21ClFN3O2/c19-18-13(11-14-12-15(20)2-3-16(14)22-18)1-4-17(24)21-5-6-23-7-9-25-10-8-23/h2-3,11-12H,1,4-10H2,(H,21,24). The van der Waals surface area contributed by atoms with Gasteiger partial charge in [-0.3, -0.25) is 9.69 Å². The summed E-state index contributed by atoms with van der Waals surface area (Å²) in [6.07, 6.45) is 0.799. The average molecular weight is 366 g/mol. The number of amides is 1. The summed E-state index contributed by atoms with van der Waals surface area (Å²) >= 11 is 6.18. The molecule has 1 N–H and O–H groups in total. The topological polar surface area (TPSA) is 54.5 Å². The Morgan fingerprint density at radius 2 is 2.12 bits per heavy atom. The zero-order valence-electron chi connectivity index (χ0n) is 13.9. The zero-order chi connectivity index (χ0) is 17.6. The first kappa shape index (κ1) is 18.0. The highest BCUT2D eigenvalue weighted by Crippen LogP contribution is 2.22. The summed E-state index contributed by atoms with van der Waals surface area (Å²) in [5.74, 6) is -0.341. The normalized spacial score (nSPS) is 15.4. The first-order valence-corrected chi connectivity index (χ1v) is 8.81. The van der Waals surface area contributed by atoms with Gasteiger partial charge in [0.1, 0.15) is 11.0 Å². The summed E-state index contributed by atoms with van der Waals surface area (Å²) in [6.45, 7) is 4.76. The Hall–Kier alpha value is -1.76. The maximum Gasteiger partial charge on any atom is 0.220 e. The molecule has 0 unspecified atom stereocenters. The van der Waals surface area contributed by atoms with Crippen molar-refractivity contribution < 1.29 is 13.9 Å². The van der Waals surface area contributed by atoms with Crippen LogP contribution in [0.3, 0.4) is 0 Å². The van der Waals surface area contributed by atoms with Gasteiger partial charge in [-0.2, -0.15) is 0 Å². The van der Waals surface area contributed by atoms with Crippen molar-refractivity contribution in [3.05, 3.63) is 40.8 Å². The van der Waals surface area contributed by atoms with Crippen molar-refractivity contribution in [2.24, 2.45) is 0 Å². The highest BCUT2D eigenvalue weighted by molar-refractivity contribution is 6.30. The molecule has 1 aliphatic rings. The lowest BCUT2D eigenvalue weighted by Gasteiger charge is -2.26. The molecule has 0 radical (unpaired) electrons. The van der Waals surface area contributed by atoms with Crippen LogP contribution in [-0.4, -0.2) is 55.2 Å². The fraction of sp³-hybridized carbons (Fsp3) is 0.444. The van der Waals surface area contributed by atoms with E-state index in [9.17, 15) is 9.18 Å². The number of morpholine rings is 1. The number of hydrogen-bond acceptors (Lipinski definition) is 4. The molecule has 1 amide bonds. The zero-order valence-corrected chi connectivity index (χ0v) is 14.7. The van der Waals surface area contributed by atoms with Gasteiger partial charge in [-0.05, 0) is 36.2 Å². The Kier molecular flexibility index (Phi) is 6.18. The molecule has 5 nitrogen and oxygen atoms in total. The fourth-order valence-electron chi connectivity index (χ4n) is 2.86. The van der Waals surface area contributed by atoms with E-state index in [4.69, 9.17) is 16.3 Å². The molecule has 1 aliphatic heterocycles. The van der Waals surface area contributed by atoms with Crippen LogP contribution in [0.1, 0.15) is 12.0 Å². The number of aryl methyl sites for hydroxylation is 1. The van der Waals surface area contributed by atoms with Gasteiger partial charge in [0.15, 0.2) is 0 Å². The van der Waals surface area contributed by atoms with Crippen LogP contribution in [0.25, 0.3) is 10.9 Å². The number of hydrogen-bond donors (Lipinski definition) is 1. The maximum atomic E-state index is 13.3. The number of nitrogens with zero attached hydrogens (tertiary/aromatic N) is 2. The highest BCUT2D eigenvalue weighted by Gasteiger charge is 2.11. The molecule has 1 fully saturated rings. The van der Waals surface area contributed by atoms with Crippen LogP contribution >= 0.6 is 11.6 Å². The molecule has 2 aromatic rings. The van der Waals surface area contributed by atoms with Crippen molar-refractivity contribution in [1.29, 1.82) is 0 Å². The number of benzene rings is 1. The van der Waals surface area contributed by atoms with E-state index >= 15 is 0 Å². The monoisotopic (exact) mass is 365 g/mol. The summed E-state index contributed by atoms with van der Waals surface area (Å²) in [4.78, 5) is 18.5. The summed E-state index contributed by atoms with van der Waals surface area (Å²) in [7, 11) is 0. The maximum absolute atomic E-state index is 13.3. The molecular formula is C18H21ClFN3O2. The fourth-order valence-corrected chi connectivity index (χ4v) is 3.10. The van der Waals surface area contributed by atoms with Crippen LogP contribution in [-0.2, 0) is 16.0 Å². The van der Waals surface area contributed by atoms with Crippen LogP contribution in [0.4, 0.5) is 4.39 Å². The molecule has 0 spiro atoms. The Labute approximate surface area is 151 Å². The van der Waals surface area contributed by atoms with Gasteiger partial charge in [-0.25, -0.2) is 9.37 Å². The van der Waals surface area contributed by atoms with Crippen LogP contribution in [0.5, 0.6) is 0 Å². The number of carbonyl (C=O) groups excluding carboxylic acids is 1. The molecule has 25 heavy (non-hydrogen) atoms. The van der Waals surface area contributed by atoms with E-state index in [1.54, 1.807) is 12.1 Å². The number of carbonyl (C=O) groups is 1. The second-order valence-corrected chi connectivity index (χ2v) is 6.44. The second-order valence-electron chi connectivity index (χ2n) is 6.08. The number of fused-ring (bicyclic) bond motifs is 1. The molecule has 7 heteroatoms. The van der Waals surface area contributed by atoms with Crippen molar-refractivity contribution in [3.8, 4) is 0 Å². The van der Waals surface area contributed by atoms with Crippen LogP contribution < -0.4 is 5.32 Å². The first-order valence-electron chi connectivity index (χ1n) is 8.43. The third kappa shape index (κ3) is 5.11. The molecule has 1 aromatic carbocycles. The second kappa shape index (κ2) is 8.56. The lowest BCUT2D eigenvalue weighted by Crippen LogP contribution is -2.41. The van der Waals surface area contributed by atoms with E-state index in [0.29, 0.717) is 35.4 Å². The number of halogens is 2. The smallest absolute Gasteiger partial charge is 0.220 e. The minimum Gasteiger partial charge on any atom is -0.379 e. The summed E-state index contributed by atoms with van der Waals surface area (Å²) in [6, 6.07) is 6.17. The van der Waals surface area contributed by atoms with Crippen LogP contribution in [0.15, 0.2) is 24.3 Å². The quantitative estimate of drug-likeness (QED) is 0.799. The van der Waals surface area contributed by atoms with Crippen molar-refractivity contribution in [3.63, 3.8) is 0 Å². The van der Waals surface area contributed by atoms with Gasteiger partial charge in [0.25, 0.3) is 0 Å². The van der Waals surface area contributed by atoms with E-state index in [1.165, 1.54) is 12.1 Å². The predicted octanol–water partition coefficient (Wildman–Crippen LogP) is 2.41. The Morgan fingerprint density at radius 1 is 1.32 bits per heavy atom. The van der Waals surface area contributed by atoms with Crippen LogP contribution in [0, 0.1) is 5.82 Å². The number of nitrogens with one attached hydrogen (secondary N) is 1. The highest BCUT2D eigenvalue weighted by atomic mass is 35.5. The first-order chi connectivity index (χ1) is 12.1. The summed E-state index contributed by atoms with van der Waals surface area (Å²) in [5, 5.41) is 3.97. The molecule has 0 bridgehead atoms. The van der Waals surface area contributed by atoms with Gasteiger partial charge < -0.3 is 10.1 Å². The van der Waals surface area contributed by atoms with Gasteiger partial charge >= 0.3 is 0 Å². The van der Waals surface area contributed by atoms with Gasteiger partial charge in [-0.15, -0.1) is 0 Å². The molecule has 0 aliphatic carbocycles. The van der Waals surface area contributed by atoms with Crippen molar-refractivity contribution >= 4 is 28.4 Å². The van der Waals surface area contributed by atoms with Crippen molar-refractivity contribution in [2.45, 2.75) is 12.8 Å². The third-order valence-corrected chi connectivity index (χ3v) is 4.61. The molecular weight excluding hydrogens is 345 g/mol. The molecule has 0 atom stereocenters. The molecule has 134 valence electrons. The van der Waals surface area contributed by atoms with E-state index in [1.807, 2.05) is 0 Å². The number of pyridine rings is 1. The van der Waals surface area contributed by atoms with E-state index < -0.39 is 0 Å². The predicted molar refractivity (Wildman–Crippen MR) is 95.3 cm³/mol. The number of rotatable bonds is 6. The van der Waals surface area contributed by atoms with Crippen LogP contribution in [0.2, 0.25) is 5.15 Å². The van der Waals surface area contributed by atoms with E-state index in [0.717, 1.165) is 38.4 Å². The Balaban J connectivity index is 1.49. The third-order valence-electron chi connectivity index (χ3n) is 4.28. The van der Waals surface area contributed by atoms with E-state index in [2.05, 4.69) is 15.2 Å². The minimum atomic E-state index is -0.316. The number of ether oxygens (including phenoxy) is 1. The molecule has 0 saturated carbocycles. The lowest BCUT2D eigenvalue weighted by atomic mass is 10.1. The Morgan fingerprint density at radius 3 is 2.92 bits per heavy atom. The summed E-state index contributed by atoms with van der Waals surface area (Å²) in [5.41, 5.74) is 1.40. The Bertz CT molecular complexity index is 750. The molecule has 2 heterocycles. The number of aromatic nitrogens is 1. The largest absolute Gasteiger partial charge is 0.379 e. The summed E-state index contributed by atoms with van der Waals surface area (Å²) < 4.78 is 18.6. The molecule has 1 saturated heterocycles. The molecule has 1 aromatic heterocycles. The average Bonchev–Trinajstić information content (AvgIpc) is 2.61. The lowest BCUT2D eigenvalue weighted by molar-refractivity contribution is -0.121. The van der Waals surface area contributed by atoms with Crippen molar-refractivity contribution in [1.82, 2.24) is 15.2 Å². The van der Waals surface area contributed by atoms with Crippen molar-refractivity contribution in [2.75, 3.05) is 39.4 Å². The van der Waals surface area contributed by atoms with Gasteiger partial charge in [0.05, 0.1) is 18.7 Å². The minimum absolute atomic E-state index is 0.0244. The van der Waals surface area contributed by atoms with E-state index in [-0.39, 0.29) is 11.7 Å². The SMILES string of the molecule is O=C(CCc1cc2cc(F)ccc2nc1Cl)NCCN1CCOCC1. The van der Waals surface area contributed by atoms with Gasteiger partial charge in [0.2, 0.25) is 5.91 Å². The van der Waals surface area contributed by atoms with Gasteiger partial charge in [-0.1, -0.05) is 11.6 Å². The van der Waals surface area contributed by atoms with Gasteiger partial charge in [0, 0.05) is 38.0 Å². The molecule has 3 rings (SSSR count).